The average molecular weight is 381 g/mol. The minimum Gasteiger partial charge on any atom is -0.336 e. The van der Waals surface area contributed by atoms with E-state index < -0.39 is 16.5 Å². The van der Waals surface area contributed by atoms with E-state index in [2.05, 4.69) is 77.7 Å². The lowest BCUT2D eigenvalue weighted by Gasteiger charge is -2.37. The molecule has 0 radical (unpaired) electrons. The van der Waals surface area contributed by atoms with E-state index in [0.29, 0.717) is 10.1 Å². The van der Waals surface area contributed by atoms with Crippen LogP contribution in [0.5, 0.6) is 0 Å². The monoisotopic (exact) mass is 380 g/mol. The van der Waals surface area contributed by atoms with E-state index >= 15 is 0 Å². The summed E-state index contributed by atoms with van der Waals surface area (Å²) in [5.41, 5.74) is 0. The molecule has 0 saturated heterocycles. The lowest BCUT2D eigenvalue weighted by molar-refractivity contribution is 0.691. The quantitative estimate of drug-likeness (QED) is 0.311. The van der Waals surface area contributed by atoms with E-state index in [9.17, 15) is 0 Å². The second kappa shape index (κ2) is 8.95. The van der Waals surface area contributed by atoms with Crippen LogP contribution in [0.1, 0.15) is 41.5 Å². The smallest absolute Gasteiger partial charge is 0.124 e. The lowest BCUT2D eigenvalue weighted by Crippen LogP contribution is -2.52. The molecule has 0 amide bonds. The first-order valence-electron chi connectivity index (χ1n) is 8.45. The highest BCUT2D eigenvalue weighted by Crippen LogP contribution is 2.34. The van der Waals surface area contributed by atoms with Crippen molar-refractivity contribution in [3.63, 3.8) is 0 Å². The maximum Gasteiger partial charge on any atom is 0.124 e. The largest absolute Gasteiger partial charge is 0.336 e. The molecule has 2 N–H and O–H groups in total. The first-order chi connectivity index (χ1) is 9.71. The van der Waals surface area contributed by atoms with Crippen LogP contribution in [-0.4, -0.2) is 41.1 Å². The molecule has 0 aliphatic heterocycles. The summed E-state index contributed by atoms with van der Waals surface area (Å²) >= 11 is 0. The highest BCUT2D eigenvalue weighted by molar-refractivity contribution is 8.76. The fraction of sp³-hybridized carbons (Fsp3) is 1.00. The van der Waals surface area contributed by atoms with Gasteiger partial charge < -0.3 is 9.96 Å². The molecule has 0 spiro atoms. The molecule has 0 aromatic carbocycles. The van der Waals surface area contributed by atoms with Crippen LogP contribution in [0.2, 0.25) is 36.3 Å². The molecule has 0 aliphatic carbocycles. The molecule has 134 valence electrons. The Kier molecular flexibility index (Phi) is 9.38. The van der Waals surface area contributed by atoms with Gasteiger partial charge in [-0.3, -0.25) is 0 Å². The molecule has 2 nitrogen and oxygen atoms in total. The van der Waals surface area contributed by atoms with E-state index in [0.717, 1.165) is 13.1 Å². The van der Waals surface area contributed by atoms with Gasteiger partial charge in [-0.05, 0) is 23.2 Å². The van der Waals surface area contributed by atoms with Crippen molar-refractivity contribution in [2.75, 3.05) is 24.6 Å². The molecule has 0 aliphatic rings. The highest BCUT2D eigenvalue weighted by atomic mass is 33.1. The molecule has 0 aromatic rings. The van der Waals surface area contributed by atoms with E-state index in [1.807, 2.05) is 21.6 Å². The predicted molar refractivity (Wildman–Crippen MR) is 115 cm³/mol. The first-order valence-corrected chi connectivity index (χ1v) is 16.9. The van der Waals surface area contributed by atoms with Gasteiger partial charge in [0.05, 0.1) is 0 Å². The fourth-order valence-corrected chi connectivity index (χ4v) is 6.20. The third kappa shape index (κ3) is 8.24. The summed E-state index contributed by atoms with van der Waals surface area (Å²) in [6.45, 7) is 26.2. The van der Waals surface area contributed by atoms with Crippen molar-refractivity contribution < 1.29 is 0 Å². The van der Waals surface area contributed by atoms with Crippen LogP contribution in [0.25, 0.3) is 0 Å². The number of hydrogen-bond donors (Lipinski definition) is 2. The van der Waals surface area contributed by atoms with Crippen LogP contribution in [0.15, 0.2) is 0 Å². The summed E-state index contributed by atoms with van der Waals surface area (Å²) in [5.74, 6) is 2.41. The van der Waals surface area contributed by atoms with Gasteiger partial charge in [-0.15, -0.1) is 0 Å². The molecule has 0 unspecified atom stereocenters. The van der Waals surface area contributed by atoms with E-state index in [-0.39, 0.29) is 0 Å². The van der Waals surface area contributed by atoms with Crippen molar-refractivity contribution in [2.45, 2.75) is 77.8 Å². The number of rotatable bonds is 9. The zero-order valence-electron chi connectivity index (χ0n) is 16.6. The van der Waals surface area contributed by atoms with Crippen LogP contribution < -0.4 is 9.96 Å². The summed E-state index contributed by atoms with van der Waals surface area (Å²) in [4.78, 5) is 7.66. The van der Waals surface area contributed by atoms with Gasteiger partial charge in [0.1, 0.15) is 16.5 Å². The van der Waals surface area contributed by atoms with Crippen LogP contribution in [0.3, 0.4) is 0 Å². The molecule has 22 heavy (non-hydrogen) atoms. The van der Waals surface area contributed by atoms with Crippen molar-refractivity contribution in [2.24, 2.45) is 0 Å². The van der Waals surface area contributed by atoms with Crippen molar-refractivity contribution in [1.29, 1.82) is 0 Å². The Morgan fingerprint density at radius 2 is 0.909 bits per heavy atom. The molecule has 0 rings (SSSR count). The fourth-order valence-electron chi connectivity index (χ4n) is 1.46. The van der Waals surface area contributed by atoms with Crippen molar-refractivity contribution in [3.8, 4) is 0 Å². The molecule has 0 atom stereocenters. The summed E-state index contributed by atoms with van der Waals surface area (Å²) < 4.78 is 0. The summed E-state index contributed by atoms with van der Waals surface area (Å²) in [5, 5.41) is 0.857. The molecular weight excluding hydrogens is 340 g/mol. The van der Waals surface area contributed by atoms with E-state index in [1.54, 1.807) is 0 Å². The van der Waals surface area contributed by atoms with Gasteiger partial charge in [-0.2, -0.15) is 0 Å². The number of hydrogen-bond acceptors (Lipinski definition) is 4. The third-order valence-electron chi connectivity index (χ3n) is 5.34. The highest BCUT2D eigenvalue weighted by Gasteiger charge is 2.35. The van der Waals surface area contributed by atoms with Gasteiger partial charge in [0.25, 0.3) is 0 Å². The maximum atomic E-state index is 3.83. The standard InChI is InChI=1S/C16H40N2S2Si2/c1-15(2,3)21(7,8)17-11-13-19-20-14-12-18-22(9,10)16(4,5)6/h17-18H,11-14H2,1-10H3. The zero-order chi connectivity index (χ0) is 17.7. The van der Waals surface area contributed by atoms with Gasteiger partial charge in [-0.25, -0.2) is 0 Å². The van der Waals surface area contributed by atoms with Gasteiger partial charge in [0.15, 0.2) is 0 Å². The minimum atomic E-state index is -1.31. The maximum absolute atomic E-state index is 3.83. The van der Waals surface area contributed by atoms with Gasteiger partial charge in [0, 0.05) is 11.5 Å². The average Bonchev–Trinajstić information content (AvgIpc) is 2.29. The predicted octanol–water partition coefficient (Wildman–Crippen LogP) is 5.56. The molecule has 0 saturated carbocycles. The second-order valence-electron chi connectivity index (χ2n) is 9.25. The molecular formula is C16H40N2S2Si2. The third-order valence-corrected chi connectivity index (χ3v) is 17.5. The Labute approximate surface area is 150 Å². The SMILES string of the molecule is CC(C)(C)[Si](C)(C)NCCSSCCN[Si](C)(C)C(C)(C)C. The molecule has 0 bridgehead atoms. The molecule has 0 heterocycles. The summed E-state index contributed by atoms with van der Waals surface area (Å²) in [6.07, 6.45) is 0. The minimum absolute atomic E-state index is 0.428. The Hall–Kier alpha value is 1.05. The van der Waals surface area contributed by atoms with Gasteiger partial charge >= 0.3 is 0 Å². The Balaban J connectivity index is 3.73. The Morgan fingerprint density at radius 3 is 1.14 bits per heavy atom. The van der Waals surface area contributed by atoms with Crippen LogP contribution >= 0.6 is 21.6 Å². The van der Waals surface area contributed by atoms with Crippen LogP contribution in [0, 0.1) is 0 Å². The van der Waals surface area contributed by atoms with Crippen molar-refractivity contribution >= 4 is 38.1 Å². The van der Waals surface area contributed by atoms with E-state index in [4.69, 9.17) is 0 Å². The molecule has 6 heteroatoms. The lowest BCUT2D eigenvalue weighted by atomic mass is 10.2. The zero-order valence-corrected chi connectivity index (χ0v) is 20.3. The van der Waals surface area contributed by atoms with Crippen LogP contribution in [-0.2, 0) is 0 Å². The number of nitrogens with one attached hydrogen (secondary N) is 2. The van der Waals surface area contributed by atoms with Gasteiger partial charge in [-0.1, -0.05) is 89.3 Å². The van der Waals surface area contributed by atoms with Crippen molar-refractivity contribution in [3.05, 3.63) is 0 Å². The second-order valence-corrected chi connectivity index (χ2v) is 22.2. The van der Waals surface area contributed by atoms with Crippen molar-refractivity contribution in [1.82, 2.24) is 9.96 Å². The normalized spacial score (nSPS) is 14.5. The molecule has 0 aromatic heterocycles. The first kappa shape index (κ1) is 23.1. The van der Waals surface area contributed by atoms with Gasteiger partial charge in [0.2, 0.25) is 0 Å². The van der Waals surface area contributed by atoms with E-state index in [1.165, 1.54) is 11.5 Å². The Bertz CT molecular complexity index is 289. The Morgan fingerprint density at radius 1 is 0.636 bits per heavy atom. The summed E-state index contributed by atoms with van der Waals surface area (Å²) in [7, 11) is 1.42. The summed E-state index contributed by atoms with van der Waals surface area (Å²) in [6, 6.07) is 0. The topological polar surface area (TPSA) is 24.1 Å². The van der Waals surface area contributed by atoms with Crippen LogP contribution in [0.4, 0.5) is 0 Å². The molecule has 0 fully saturated rings.